The van der Waals surface area contributed by atoms with Crippen molar-refractivity contribution in [3.63, 3.8) is 0 Å². The summed E-state index contributed by atoms with van der Waals surface area (Å²) < 4.78 is 52.7. The zero-order chi connectivity index (χ0) is 19.5. The Balaban J connectivity index is 2.17. The van der Waals surface area contributed by atoms with E-state index in [0.29, 0.717) is 5.69 Å². The van der Waals surface area contributed by atoms with Crippen LogP contribution in [0.1, 0.15) is 16.7 Å². The first-order valence-corrected chi connectivity index (χ1v) is 11.4. The van der Waals surface area contributed by atoms with Crippen LogP contribution in [0.3, 0.4) is 0 Å². The highest BCUT2D eigenvalue weighted by molar-refractivity contribution is 7.92. The molecule has 2 aromatic rings. The Morgan fingerprint density at radius 2 is 1.38 bits per heavy atom. The van der Waals surface area contributed by atoms with Gasteiger partial charge in [-0.25, -0.2) is 21.6 Å². The van der Waals surface area contributed by atoms with Crippen molar-refractivity contribution < 1.29 is 16.8 Å². The highest BCUT2D eigenvalue weighted by atomic mass is 32.2. The van der Waals surface area contributed by atoms with Crippen molar-refractivity contribution >= 4 is 25.7 Å². The Hall–Kier alpha value is -1.90. The Kier molecular flexibility index (Phi) is 6.10. The lowest BCUT2D eigenvalue weighted by atomic mass is 10.1. The molecule has 0 aliphatic carbocycles. The molecule has 8 heteroatoms. The van der Waals surface area contributed by atoms with Crippen LogP contribution in [0.4, 0.5) is 5.69 Å². The summed E-state index contributed by atoms with van der Waals surface area (Å²) >= 11 is 0. The summed E-state index contributed by atoms with van der Waals surface area (Å²) in [5.74, 6) is 0. The zero-order valence-corrected chi connectivity index (χ0v) is 17.0. The molecule has 0 unspecified atom stereocenters. The third-order valence-electron chi connectivity index (χ3n) is 3.83. The molecule has 26 heavy (non-hydrogen) atoms. The number of nitrogens with zero attached hydrogens (tertiary/aromatic N) is 1. The van der Waals surface area contributed by atoms with Gasteiger partial charge in [-0.05, 0) is 56.2 Å². The van der Waals surface area contributed by atoms with Crippen LogP contribution >= 0.6 is 0 Å². The number of benzene rings is 2. The van der Waals surface area contributed by atoms with E-state index in [1.807, 2.05) is 26.8 Å². The topological polar surface area (TPSA) is 83.6 Å². The summed E-state index contributed by atoms with van der Waals surface area (Å²) in [5, 5.41) is 0. The average Bonchev–Trinajstić information content (AvgIpc) is 2.49. The number of hydrogen-bond acceptors (Lipinski definition) is 4. The van der Waals surface area contributed by atoms with Gasteiger partial charge in [0.2, 0.25) is 20.0 Å². The molecule has 0 heterocycles. The Labute approximate surface area is 156 Å². The van der Waals surface area contributed by atoms with Gasteiger partial charge in [-0.15, -0.1) is 0 Å². The minimum atomic E-state index is -3.69. The van der Waals surface area contributed by atoms with Crippen LogP contribution in [0.15, 0.2) is 47.4 Å². The Morgan fingerprint density at radius 1 is 0.846 bits per heavy atom. The van der Waals surface area contributed by atoms with Crippen molar-refractivity contribution in [2.24, 2.45) is 0 Å². The molecule has 142 valence electrons. The van der Waals surface area contributed by atoms with Gasteiger partial charge in [0.15, 0.2) is 0 Å². The molecule has 1 N–H and O–H groups in total. The number of aryl methyl sites for hydroxylation is 3. The predicted octanol–water partition coefficient (Wildman–Crippen LogP) is 2.36. The second-order valence-electron chi connectivity index (χ2n) is 6.39. The molecule has 0 atom stereocenters. The first-order valence-electron chi connectivity index (χ1n) is 8.11. The molecule has 2 rings (SSSR count). The zero-order valence-electron chi connectivity index (χ0n) is 15.4. The van der Waals surface area contributed by atoms with E-state index in [4.69, 9.17) is 0 Å². The fourth-order valence-electron chi connectivity index (χ4n) is 2.66. The predicted molar refractivity (Wildman–Crippen MR) is 104 cm³/mol. The van der Waals surface area contributed by atoms with E-state index < -0.39 is 20.0 Å². The Bertz CT molecular complexity index is 962. The maximum Gasteiger partial charge on any atom is 0.240 e. The van der Waals surface area contributed by atoms with Gasteiger partial charge in [0, 0.05) is 13.1 Å². The molecule has 0 aliphatic heterocycles. The first kappa shape index (κ1) is 20.4. The fraction of sp³-hybridized carbons (Fsp3) is 0.333. The molecule has 0 saturated carbocycles. The molecule has 0 aromatic heterocycles. The van der Waals surface area contributed by atoms with Crippen LogP contribution in [0, 0.1) is 20.8 Å². The summed E-state index contributed by atoms with van der Waals surface area (Å²) in [6.45, 7) is 5.62. The number of sulfonamides is 2. The molecular formula is C18H24N2O4S2. The van der Waals surface area contributed by atoms with Crippen LogP contribution in [0.25, 0.3) is 0 Å². The van der Waals surface area contributed by atoms with E-state index in [9.17, 15) is 16.8 Å². The Morgan fingerprint density at radius 3 is 1.88 bits per heavy atom. The summed E-state index contributed by atoms with van der Waals surface area (Å²) in [7, 11) is -7.23. The van der Waals surface area contributed by atoms with E-state index in [1.165, 1.54) is 16.4 Å². The van der Waals surface area contributed by atoms with Gasteiger partial charge in [0.25, 0.3) is 0 Å². The maximum atomic E-state index is 12.3. The van der Waals surface area contributed by atoms with E-state index in [-0.39, 0.29) is 18.0 Å². The van der Waals surface area contributed by atoms with Crippen molar-refractivity contribution in [2.45, 2.75) is 25.7 Å². The van der Waals surface area contributed by atoms with Crippen molar-refractivity contribution in [1.29, 1.82) is 0 Å². The van der Waals surface area contributed by atoms with Gasteiger partial charge < -0.3 is 0 Å². The molecule has 0 fully saturated rings. The smallest absolute Gasteiger partial charge is 0.240 e. The molecular weight excluding hydrogens is 372 g/mol. The second kappa shape index (κ2) is 7.77. The quantitative estimate of drug-likeness (QED) is 0.779. The van der Waals surface area contributed by atoms with Gasteiger partial charge in [0.05, 0.1) is 16.8 Å². The molecule has 0 aliphatic rings. The molecule has 0 radical (unpaired) electrons. The third kappa shape index (κ3) is 5.30. The van der Waals surface area contributed by atoms with Gasteiger partial charge in [-0.2, -0.15) is 0 Å². The standard InChI is InChI=1S/C18H24N2O4S2/c1-14-5-7-18(8-6-14)26(23,24)19-9-10-20(25(4,21)22)17-12-15(2)11-16(3)13-17/h5-8,11-13,19H,9-10H2,1-4H3. The SMILES string of the molecule is Cc1ccc(S(=O)(=O)NCCN(c2cc(C)cc(C)c2)S(C)(=O)=O)cc1. The van der Waals surface area contributed by atoms with E-state index >= 15 is 0 Å². The lowest BCUT2D eigenvalue weighted by molar-refractivity contribution is 0.578. The number of hydrogen-bond donors (Lipinski definition) is 1. The van der Waals surface area contributed by atoms with E-state index in [0.717, 1.165) is 22.9 Å². The number of nitrogens with one attached hydrogen (secondary N) is 1. The third-order valence-corrected chi connectivity index (χ3v) is 6.50. The van der Waals surface area contributed by atoms with Crippen LogP contribution in [0.5, 0.6) is 0 Å². The maximum absolute atomic E-state index is 12.3. The van der Waals surface area contributed by atoms with Crippen molar-refractivity contribution in [3.05, 3.63) is 59.2 Å². The average molecular weight is 397 g/mol. The van der Waals surface area contributed by atoms with Gasteiger partial charge >= 0.3 is 0 Å². The minimum absolute atomic E-state index is 0.00676. The van der Waals surface area contributed by atoms with Gasteiger partial charge in [-0.1, -0.05) is 23.8 Å². The normalized spacial score (nSPS) is 12.2. The molecule has 0 bridgehead atoms. The summed E-state index contributed by atoms with van der Waals surface area (Å²) in [6, 6.07) is 12.0. The summed E-state index contributed by atoms with van der Waals surface area (Å²) in [5.41, 5.74) is 3.37. The monoisotopic (exact) mass is 396 g/mol. The summed E-state index contributed by atoms with van der Waals surface area (Å²) in [6.07, 6.45) is 1.11. The van der Waals surface area contributed by atoms with Crippen LogP contribution in [-0.2, 0) is 20.0 Å². The van der Waals surface area contributed by atoms with Crippen molar-refractivity contribution in [3.8, 4) is 0 Å². The highest BCUT2D eigenvalue weighted by Crippen LogP contribution is 2.21. The lowest BCUT2D eigenvalue weighted by Gasteiger charge is -2.23. The molecule has 0 amide bonds. The van der Waals surface area contributed by atoms with Crippen molar-refractivity contribution in [2.75, 3.05) is 23.7 Å². The highest BCUT2D eigenvalue weighted by Gasteiger charge is 2.20. The van der Waals surface area contributed by atoms with E-state index in [2.05, 4.69) is 4.72 Å². The molecule has 6 nitrogen and oxygen atoms in total. The summed E-state index contributed by atoms with van der Waals surface area (Å²) in [4.78, 5) is 0.153. The van der Waals surface area contributed by atoms with Crippen LogP contribution in [-0.4, -0.2) is 36.2 Å². The molecule has 0 saturated heterocycles. The molecule has 0 spiro atoms. The minimum Gasteiger partial charge on any atom is -0.269 e. The van der Waals surface area contributed by atoms with Gasteiger partial charge in [0.1, 0.15) is 0 Å². The first-order chi connectivity index (χ1) is 12.0. The molecule has 2 aromatic carbocycles. The lowest BCUT2D eigenvalue weighted by Crippen LogP contribution is -2.38. The van der Waals surface area contributed by atoms with Crippen molar-refractivity contribution in [1.82, 2.24) is 4.72 Å². The van der Waals surface area contributed by atoms with Crippen LogP contribution < -0.4 is 9.03 Å². The van der Waals surface area contributed by atoms with Gasteiger partial charge in [-0.3, -0.25) is 4.31 Å². The van der Waals surface area contributed by atoms with Crippen LogP contribution in [0.2, 0.25) is 0 Å². The van der Waals surface area contributed by atoms with E-state index in [1.54, 1.807) is 24.3 Å². The largest absolute Gasteiger partial charge is 0.269 e. The number of anilines is 1. The fourth-order valence-corrected chi connectivity index (χ4v) is 4.60. The number of rotatable bonds is 7. The second-order valence-corrected chi connectivity index (χ2v) is 10.1.